The Hall–Kier alpha value is -3.09. The molecule has 54 heavy (non-hydrogen) atoms. The van der Waals surface area contributed by atoms with E-state index in [1.165, 1.54) is 35.6 Å². The molecule has 0 aromatic carbocycles. The molecule has 0 radical (unpaired) electrons. The number of aromatic amines is 1. The molecule has 1 saturated heterocycles. The standard InChI is InChI=1S/C42H61N5O7/c1-23(2)27-10-15-42(17-16-40(6)29(35(27)42)8-9-33-39(5)13-12-31(49)25(4)28(39)11-14-41(33,40)7)37(51)53-22-26-20-47(45-44-26)30-18-34(54-32(30)21-48)46-19-24(3)36(50)43-38(46)52/h19-20,25,27-35,48-49H,1,8-18,21-22H2,2-7H3,(H,43,50,52)/t25-,27+,28+,29-,30+,31+,32-,33-,34-,35-,39+,40-,41-,42+/m1/s1. The van der Waals surface area contributed by atoms with Gasteiger partial charge in [-0.1, -0.05) is 45.1 Å². The number of fused-ring (bicyclic) bond motifs is 7. The van der Waals surface area contributed by atoms with Crippen molar-refractivity contribution in [1.29, 1.82) is 0 Å². The molecule has 3 N–H and O–H groups in total. The number of nitrogens with one attached hydrogen (secondary N) is 1. The first-order valence-electron chi connectivity index (χ1n) is 20.6. The zero-order chi connectivity index (χ0) is 38.5. The summed E-state index contributed by atoms with van der Waals surface area (Å²) in [4.78, 5) is 41.4. The van der Waals surface area contributed by atoms with E-state index < -0.39 is 35.0 Å². The van der Waals surface area contributed by atoms with Gasteiger partial charge in [0.1, 0.15) is 24.6 Å². The summed E-state index contributed by atoms with van der Waals surface area (Å²) < 4.78 is 15.2. The highest BCUT2D eigenvalue weighted by atomic mass is 16.5. The lowest BCUT2D eigenvalue weighted by atomic mass is 9.33. The summed E-state index contributed by atoms with van der Waals surface area (Å²) in [5, 5.41) is 29.7. The van der Waals surface area contributed by atoms with Crippen LogP contribution < -0.4 is 11.2 Å². The lowest BCUT2D eigenvalue weighted by Crippen LogP contribution is -2.66. The quantitative estimate of drug-likeness (QED) is 0.241. The summed E-state index contributed by atoms with van der Waals surface area (Å²) in [6, 6.07) is -0.419. The van der Waals surface area contributed by atoms with Crippen LogP contribution in [0.2, 0.25) is 0 Å². The van der Waals surface area contributed by atoms with Gasteiger partial charge in [0.2, 0.25) is 0 Å². The number of esters is 1. The van der Waals surface area contributed by atoms with Gasteiger partial charge in [-0.25, -0.2) is 9.48 Å². The molecular weight excluding hydrogens is 686 g/mol. The molecule has 1 aliphatic heterocycles. The van der Waals surface area contributed by atoms with E-state index in [4.69, 9.17) is 9.47 Å². The molecule has 296 valence electrons. The van der Waals surface area contributed by atoms with Gasteiger partial charge in [0, 0.05) is 18.2 Å². The molecule has 14 atom stereocenters. The summed E-state index contributed by atoms with van der Waals surface area (Å²) >= 11 is 0. The molecule has 0 unspecified atom stereocenters. The maximum atomic E-state index is 14.6. The number of carbonyl (C=O) groups excluding carboxylic acids is 1. The Kier molecular flexibility index (Phi) is 9.28. The molecule has 5 aliphatic carbocycles. The number of carbonyl (C=O) groups is 1. The fourth-order valence-corrected chi connectivity index (χ4v) is 14.1. The van der Waals surface area contributed by atoms with Crippen molar-refractivity contribution in [2.75, 3.05) is 6.61 Å². The maximum Gasteiger partial charge on any atom is 0.330 e. The van der Waals surface area contributed by atoms with Crippen LogP contribution in [0, 0.1) is 64.1 Å². The molecular formula is C42H61N5O7. The number of ether oxygens (including phenoxy) is 2. The summed E-state index contributed by atoms with van der Waals surface area (Å²) in [6.07, 6.45) is 12.2. The van der Waals surface area contributed by atoms with E-state index in [-0.39, 0.29) is 53.4 Å². The lowest BCUT2D eigenvalue weighted by molar-refractivity contribution is -0.237. The number of rotatable bonds is 7. The van der Waals surface area contributed by atoms with Crippen molar-refractivity contribution >= 4 is 5.97 Å². The largest absolute Gasteiger partial charge is 0.459 e. The third kappa shape index (κ3) is 5.42. The summed E-state index contributed by atoms with van der Waals surface area (Å²) in [5.74, 6) is 2.26. The van der Waals surface area contributed by atoms with Crippen molar-refractivity contribution in [3.63, 3.8) is 0 Å². The van der Waals surface area contributed by atoms with Crippen LogP contribution in [0.5, 0.6) is 0 Å². The SMILES string of the molecule is C=C(C)[C@@H]1CC[C@]2(C(=O)OCc3cn([C@H]4C[C@H](n5cc(C)c(=O)[nH]c5=O)O[C@@H]4CO)nn3)CC[C@]3(C)[C@H](CC[C@@H]4[C@@]5(C)CC[C@H](O)[C@H](C)[C@@H]5CC[C@]43C)[C@@H]12. The van der Waals surface area contributed by atoms with E-state index in [1.54, 1.807) is 17.8 Å². The molecule has 8 rings (SSSR count). The summed E-state index contributed by atoms with van der Waals surface area (Å²) in [7, 11) is 0. The molecule has 6 fully saturated rings. The monoisotopic (exact) mass is 747 g/mol. The van der Waals surface area contributed by atoms with Crippen molar-refractivity contribution < 1.29 is 24.5 Å². The second kappa shape index (κ2) is 13.3. The second-order valence-electron chi connectivity index (χ2n) is 19.2. The van der Waals surface area contributed by atoms with Crippen LogP contribution in [-0.4, -0.2) is 59.5 Å². The second-order valence-corrected chi connectivity index (χ2v) is 19.2. The predicted octanol–water partition coefficient (Wildman–Crippen LogP) is 5.63. The Morgan fingerprint density at radius 1 is 1.04 bits per heavy atom. The average Bonchev–Trinajstić information content (AvgIpc) is 3.88. The van der Waals surface area contributed by atoms with Gasteiger partial charge >= 0.3 is 11.7 Å². The van der Waals surface area contributed by atoms with Crippen LogP contribution in [0.1, 0.15) is 129 Å². The molecule has 12 nitrogen and oxygen atoms in total. The molecule has 0 amide bonds. The van der Waals surface area contributed by atoms with Crippen molar-refractivity contribution in [1.82, 2.24) is 24.5 Å². The fraction of sp³-hybridized carbons (Fsp3) is 0.786. The number of aryl methyl sites for hydroxylation is 1. The van der Waals surface area contributed by atoms with E-state index in [1.807, 2.05) is 0 Å². The summed E-state index contributed by atoms with van der Waals surface area (Å²) in [6.45, 7) is 18.0. The molecule has 0 spiro atoms. The predicted molar refractivity (Wildman–Crippen MR) is 201 cm³/mol. The van der Waals surface area contributed by atoms with E-state index in [2.05, 4.69) is 56.5 Å². The Balaban J connectivity index is 1.00. The van der Waals surface area contributed by atoms with Gasteiger partial charge in [-0.15, -0.1) is 5.10 Å². The van der Waals surface area contributed by atoms with Crippen molar-refractivity contribution in [2.45, 2.75) is 143 Å². The first-order chi connectivity index (χ1) is 25.6. The van der Waals surface area contributed by atoms with Gasteiger partial charge in [-0.05, 0) is 130 Å². The van der Waals surface area contributed by atoms with Crippen molar-refractivity contribution in [3.8, 4) is 0 Å². The Bertz CT molecular complexity index is 1920. The number of hydrogen-bond donors (Lipinski definition) is 3. The van der Waals surface area contributed by atoms with E-state index in [9.17, 15) is 24.6 Å². The highest BCUT2D eigenvalue weighted by Gasteiger charge is 2.71. The van der Waals surface area contributed by atoms with Crippen LogP contribution in [0.4, 0.5) is 0 Å². The number of nitrogens with zero attached hydrogens (tertiary/aromatic N) is 4. The highest BCUT2D eigenvalue weighted by Crippen LogP contribution is 2.77. The van der Waals surface area contributed by atoms with Gasteiger partial charge < -0.3 is 19.7 Å². The zero-order valence-electron chi connectivity index (χ0n) is 33.1. The van der Waals surface area contributed by atoms with Crippen LogP contribution in [-0.2, 0) is 20.9 Å². The molecule has 2 aromatic heterocycles. The summed E-state index contributed by atoms with van der Waals surface area (Å²) in [5.41, 5.74) is 0.972. The number of aliphatic hydroxyl groups is 2. The molecule has 12 heteroatoms. The Labute approximate surface area is 318 Å². The number of allylic oxidation sites excluding steroid dienone is 1. The normalized spacial score (nSPS) is 44.1. The Morgan fingerprint density at radius 3 is 2.56 bits per heavy atom. The minimum Gasteiger partial charge on any atom is -0.459 e. The molecule has 2 aromatic rings. The lowest BCUT2D eigenvalue weighted by Gasteiger charge is -2.71. The van der Waals surface area contributed by atoms with Gasteiger partial charge in [0.05, 0.1) is 30.4 Å². The van der Waals surface area contributed by atoms with Gasteiger partial charge in [0.25, 0.3) is 5.56 Å². The number of aliphatic hydroxyl groups excluding tert-OH is 2. The minimum atomic E-state index is -0.702. The smallest absolute Gasteiger partial charge is 0.330 e. The molecule has 6 aliphatic rings. The van der Waals surface area contributed by atoms with Crippen molar-refractivity contribution in [2.24, 2.45) is 57.2 Å². The number of aromatic nitrogens is 5. The number of hydrogen-bond acceptors (Lipinski definition) is 9. The van der Waals surface area contributed by atoms with Gasteiger partial charge in [-0.2, -0.15) is 0 Å². The minimum absolute atomic E-state index is 0.00405. The van der Waals surface area contributed by atoms with Gasteiger partial charge in [0.15, 0.2) is 0 Å². The van der Waals surface area contributed by atoms with Crippen LogP contribution >= 0.6 is 0 Å². The highest BCUT2D eigenvalue weighted by molar-refractivity contribution is 5.78. The fourth-order valence-electron chi connectivity index (χ4n) is 14.1. The van der Waals surface area contributed by atoms with E-state index in [0.717, 1.165) is 44.9 Å². The third-order valence-corrected chi connectivity index (χ3v) is 17.1. The van der Waals surface area contributed by atoms with Gasteiger partial charge in [-0.3, -0.25) is 19.1 Å². The van der Waals surface area contributed by atoms with Crippen molar-refractivity contribution in [3.05, 3.63) is 56.6 Å². The molecule has 3 heterocycles. The van der Waals surface area contributed by atoms with E-state index >= 15 is 0 Å². The first-order valence-corrected chi connectivity index (χ1v) is 20.6. The van der Waals surface area contributed by atoms with E-state index in [0.29, 0.717) is 41.3 Å². The third-order valence-electron chi connectivity index (χ3n) is 17.1. The maximum absolute atomic E-state index is 14.6. The molecule has 5 saturated carbocycles. The first kappa shape index (κ1) is 37.8. The van der Waals surface area contributed by atoms with Crippen LogP contribution in [0.3, 0.4) is 0 Å². The van der Waals surface area contributed by atoms with Crippen LogP contribution in [0.15, 0.2) is 34.1 Å². The topological polar surface area (TPSA) is 162 Å². The average molecular weight is 748 g/mol. The number of H-pyrrole nitrogens is 1. The zero-order valence-corrected chi connectivity index (χ0v) is 33.1. The Morgan fingerprint density at radius 2 is 1.81 bits per heavy atom. The molecule has 0 bridgehead atoms. The van der Waals surface area contributed by atoms with Crippen LogP contribution in [0.25, 0.3) is 0 Å².